The fraction of sp³-hybridized carbons (Fsp3) is 0.0870. The molecule has 0 aliphatic heterocycles. The summed E-state index contributed by atoms with van der Waals surface area (Å²) in [5, 5.41) is 9.63. The molecule has 0 amide bonds. The molecule has 0 aliphatic rings. The maximum absolute atomic E-state index is 13.5. The van der Waals surface area contributed by atoms with E-state index in [1.54, 1.807) is 19.4 Å². The number of aromatic nitrogens is 4. The molecule has 2 heterocycles. The van der Waals surface area contributed by atoms with Crippen LogP contribution in [0.2, 0.25) is 0 Å². The highest BCUT2D eigenvalue weighted by atomic mass is 19.1. The number of methoxy groups -OCH3 is 1. The molecule has 0 bridgehead atoms. The van der Waals surface area contributed by atoms with Crippen molar-refractivity contribution in [2.45, 2.75) is 6.54 Å². The quantitative estimate of drug-likeness (QED) is 0.454. The van der Waals surface area contributed by atoms with Crippen molar-refractivity contribution in [3.63, 3.8) is 0 Å². The topological polar surface area (TPSA) is 64.9 Å². The molecular formula is C23H18FN5O. The van der Waals surface area contributed by atoms with Gasteiger partial charge in [0.15, 0.2) is 0 Å². The number of fused-ring (bicyclic) bond motifs is 2. The van der Waals surface area contributed by atoms with Crippen LogP contribution in [0, 0.1) is 5.82 Å². The van der Waals surface area contributed by atoms with Crippen LogP contribution < -0.4 is 10.1 Å². The van der Waals surface area contributed by atoms with Crippen molar-refractivity contribution in [1.29, 1.82) is 0 Å². The van der Waals surface area contributed by atoms with E-state index in [2.05, 4.69) is 20.4 Å². The van der Waals surface area contributed by atoms with Crippen LogP contribution in [0.15, 0.2) is 73.2 Å². The molecule has 0 aliphatic carbocycles. The molecule has 0 unspecified atom stereocenters. The number of hydrogen-bond acceptors (Lipinski definition) is 5. The van der Waals surface area contributed by atoms with Gasteiger partial charge in [-0.2, -0.15) is 5.10 Å². The zero-order chi connectivity index (χ0) is 20.5. The van der Waals surface area contributed by atoms with Gasteiger partial charge in [-0.15, -0.1) is 0 Å². The van der Waals surface area contributed by atoms with Gasteiger partial charge in [0.1, 0.15) is 23.7 Å². The van der Waals surface area contributed by atoms with Crippen molar-refractivity contribution in [1.82, 2.24) is 19.7 Å². The molecule has 0 spiro atoms. The smallest absolute Gasteiger partial charge is 0.145 e. The lowest BCUT2D eigenvalue weighted by Crippen LogP contribution is -2.01. The van der Waals surface area contributed by atoms with E-state index in [0.717, 1.165) is 33.1 Å². The van der Waals surface area contributed by atoms with E-state index >= 15 is 0 Å². The summed E-state index contributed by atoms with van der Waals surface area (Å²) in [5.74, 6) is 1.13. The minimum Gasteiger partial charge on any atom is -0.496 e. The van der Waals surface area contributed by atoms with E-state index in [-0.39, 0.29) is 5.82 Å². The van der Waals surface area contributed by atoms with Crippen LogP contribution in [0.25, 0.3) is 21.8 Å². The summed E-state index contributed by atoms with van der Waals surface area (Å²) in [6.45, 7) is 0.502. The molecule has 0 atom stereocenters. The van der Waals surface area contributed by atoms with Crippen LogP contribution >= 0.6 is 0 Å². The zero-order valence-electron chi connectivity index (χ0n) is 16.2. The Hall–Kier alpha value is -4.00. The summed E-state index contributed by atoms with van der Waals surface area (Å²) in [7, 11) is 1.63. The lowest BCUT2D eigenvalue weighted by Gasteiger charge is -2.11. The third-order valence-electron chi connectivity index (χ3n) is 4.97. The SMILES string of the molecule is COc1cccc2ncnc(Nc3ccc4c(cnn4Cc4cccc(F)c4)c3)c12. The number of nitrogens with zero attached hydrogens (tertiary/aromatic N) is 4. The second-order valence-electron chi connectivity index (χ2n) is 6.91. The van der Waals surface area contributed by atoms with Crippen molar-refractivity contribution in [3.05, 3.63) is 84.6 Å². The highest BCUT2D eigenvalue weighted by Gasteiger charge is 2.11. The number of benzene rings is 3. The molecule has 0 fully saturated rings. The number of rotatable bonds is 5. The first-order valence-electron chi connectivity index (χ1n) is 9.46. The van der Waals surface area contributed by atoms with Crippen molar-refractivity contribution in [2.24, 2.45) is 0 Å². The van der Waals surface area contributed by atoms with Gasteiger partial charge >= 0.3 is 0 Å². The van der Waals surface area contributed by atoms with E-state index in [1.807, 2.05) is 47.1 Å². The Kier molecular flexibility index (Phi) is 4.48. The first-order valence-corrected chi connectivity index (χ1v) is 9.46. The molecule has 3 aromatic carbocycles. The lowest BCUT2D eigenvalue weighted by molar-refractivity contribution is 0.420. The van der Waals surface area contributed by atoms with Gasteiger partial charge in [-0.3, -0.25) is 4.68 Å². The van der Waals surface area contributed by atoms with Crippen molar-refractivity contribution in [3.8, 4) is 5.75 Å². The van der Waals surface area contributed by atoms with Gasteiger partial charge in [-0.05, 0) is 48.0 Å². The Morgan fingerprint density at radius 3 is 2.80 bits per heavy atom. The molecule has 5 rings (SSSR count). The second-order valence-corrected chi connectivity index (χ2v) is 6.91. The molecule has 6 nitrogen and oxygen atoms in total. The highest BCUT2D eigenvalue weighted by Crippen LogP contribution is 2.31. The first-order chi connectivity index (χ1) is 14.7. The molecule has 7 heteroatoms. The van der Waals surface area contributed by atoms with Crippen molar-refractivity contribution in [2.75, 3.05) is 12.4 Å². The summed E-state index contributed by atoms with van der Waals surface area (Å²) >= 11 is 0. The predicted octanol–water partition coefficient (Wildman–Crippen LogP) is 4.92. The highest BCUT2D eigenvalue weighted by molar-refractivity contribution is 5.96. The van der Waals surface area contributed by atoms with Gasteiger partial charge in [-0.25, -0.2) is 14.4 Å². The molecule has 30 heavy (non-hydrogen) atoms. The summed E-state index contributed by atoms with van der Waals surface area (Å²) in [5.41, 5.74) is 3.51. The molecule has 0 radical (unpaired) electrons. The Balaban J connectivity index is 1.48. The number of hydrogen-bond donors (Lipinski definition) is 1. The van der Waals surface area contributed by atoms with Crippen LogP contribution in [0.1, 0.15) is 5.56 Å². The van der Waals surface area contributed by atoms with Crippen molar-refractivity contribution >= 4 is 33.3 Å². The second kappa shape index (κ2) is 7.44. The summed E-state index contributed by atoms with van der Waals surface area (Å²) in [6, 6.07) is 18.2. The summed E-state index contributed by atoms with van der Waals surface area (Å²) in [6.07, 6.45) is 3.33. The van der Waals surface area contributed by atoms with E-state index in [9.17, 15) is 4.39 Å². The normalized spacial score (nSPS) is 11.1. The third kappa shape index (κ3) is 3.30. The van der Waals surface area contributed by atoms with Gasteiger partial charge < -0.3 is 10.1 Å². The molecule has 5 aromatic rings. The third-order valence-corrected chi connectivity index (χ3v) is 4.97. The fourth-order valence-corrected chi connectivity index (χ4v) is 3.58. The molecule has 0 saturated carbocycles. The number of halogens is 1. The maximum atomic E-state index is 13.5. The maximum Gasteiger partial charge on any atom is 0.145 e. The Bertz CT molecular complexity index is 1360. The standard InChI is InChI=1S/C23H18FN5O/c1-30-21-7-3-6-19-22(21)23(26-14-25-19)28-18-8-9-20-16(11-18)12-27-29(20)13-15-4-2-5-17(24)10-15/h2-12,14H,13H2,1H3,(H,25,26,28). The van der Waals surface area contributed by atoms with E-state index in [0.29, 0.717) is 18.1 Å². The van der Waals surface area contributed by atoms with Gasteiger partial charge in [0.25, 0.3) is 0 Å². The van der Waals surface area contributed by atoms with Crippen LogP contribution in [-0.4, -0.2) is 26.9 Å². The van der Waals surface area contributed by atoms with Gasteiger partial charge in [0.05, 0.1) is 36.3 Å². The van der Waals surface area contributed by atoms with Crippen LogP contribution in [0.3, 0.4) is 0 Å². The average molecular weight is 399 g/mol. The van der Waals surface area contributed by atoms with E-state index in [1.165, 1.54) is 18.5 Å². The number of ether oxygens (including phenoxy) is 1. The van der Waals surface area contributed by atoms with Crippen LogP contribution in [-0.2, 0) is 6.54 Å². The lowest BCUT2D eigenvalue weighted by atomic mass is 10.2. The number of anilines is 2. The molecule has 2 aromatic heterocycles. The largest absolute Gasteiger partial charge is 0.496 e. The minimum absolute atomic E-state index is 0.247. The van der Waals surface area contributed by atoms with Crippen LogP contribution in [0.5, 0.6) is 5.75 Å². The monoisotopic (exact) mass is 399 g/mol. The average Bonchev–Trinajstić information content (AvgIpc) is 3.15. The number of nitrogens with one attached hydrogen (secondary N) is 1. The summed E-state index contributed by atoms with van der Waals surface area (Å²) in [4.78, 5) is 8.72. The predicted molar refractivity (Wildman–Crippen MR) is 115 cm³/mol. The van der Waals surface area contributed by atoms with E-state index in [4.69, 9.17) is 4.74 Å². The summed E-state index contributed by atoms with van der Waals surface area (Å²) < 4.78 is 20.8. The van der Waals surface area contributed by atoms with Gasteiger partial charge in [0, 0.05) is 11.1 Å². The van der Waals surface area contributed by atoms with Gasteiger partial charge in [-0.1, -0.05) is 18.2 Å². The van der Waals surface area contributed by atoms with Crippen LogP contribution in [0.4, 0.5) is 15.9 Å². The molecule has 148 valence electrons. The Morgan fingerprint density at radius 1 is 1.03 bits per heavy atom. The zero-order valence-corrected chi connectivity index (χ0v) is 16.2. The molecule has 0 saturated heterocycles. The molecule has 1 N–H and O–H groups in total. The van der Waals surface area contributed by atoms with Crippen molar-refractivity contribution < 1.29 is 9.13 Å². The Morgan fingerprint density at radius 2 is 1.93 bits per heavy atom. The van der Waals surface area contributed by atoms with E-state index < -0.39 is 0 Å². The Labute approximate surface area is 172 Å². The minimum atomic E-state index is -0.247. The molecular weight excluding hydrogens is 381 g/mol. The van der Waals surface area contributed by atoms with Gasteiger partial charge in [0.2, 0.25) is 0 Å². The fourth-order valence-electron chi connectivity index (χ4n) is 3.58. The first kappa shape index (κ1) is 18.1.